The van der Waals surface area contributed by atoms with E-state index >= 15 is 0 Å². The minimum absolute atomic E-state index is 0.217. The Labute approximate surface area is 112 Å². The normalized spacial score (nSPS) is 11.4. The van der Waals surface area contributed by atoms with Crippen LogP contribution >= 0.6 is 0 Å². The molecule has 0 amide bonds. The zero-order valence-electron chi connectivity index (χ0n) is 11.2. The van der Waals surface area contributed by atoms with E-state index in [1.54, 1.807) is 18.2 Å². The molecule has 0 fully saturated rings. The molecule has 1 heterocycles. The van der Waals surface area contributed by atoms with Gasteiger partial charge in [0, 0.05) is 17.0 Å². The van der Waals surface area contributed by atoms with E-state index < -0.39 is 0 Å². The van der Waals surface area contributed by atoms with Gasteiger partial charge in [0.15, 0.2) is 0 Å². The number of hydrazone groups is 1. The van der Waals surface area contributed by atoms with Gasteiger partial charge in [-0.3, -0.25) is 0 Å². The van der Waals surface area contributed by atoms with Crippen molar-refractivity contribution in [2.45, 2.75) is 20.8 Å². The van der Waals surface area contributed by atoms with Crippen LogP contribution in [0.3, 0.4) is 0 Å². The Morgan fingerprint density at radius 3 is 2.47 bits per heavy atom. The third-order valence-electron chi connectivity index (χ3n) is 2.57. The van der Waals surface area contributed by atoms with Crippen LogP contribution in [0.4, 0.5) is 5.95 Å². The number of anilines is 1. The number of nitrogens with zero attached hydrogens (tertiary/aromatic N) is 3. The van der Waals surface area contributed by atoms with Crippen molar-refractivity contribution in [2.75, 3.05) is 5.43 Å². The Hall–Kier alpha value is -2.43. The number of hydrogen-bond donors (Lipinski definition) is 2. The lowest BCUT2D eigenvalue weighted by molar-refractivity contribution is 0.475. The molecule has 0 aliphatic rings. The first kappa shape index (κ1) is 13.0. The number of aryl methyl sites for hydroxylation is 2. The summed E-state index contributed by atoms with van der Waals surface area (Å²) >= 11 is 0. The number of phenolic OH excluding ortho intramolecular Hbond substituents is 1. The van der Waals surface area contributed by atoms with Crippen LogP contribution in [0.5, 0.6) is 5.75 Å². The highest BCUT2D eigenvalue weighted by Gasteiger charge is 2.00. The molecule has 0 saturated carbocycles. The summed E-state index contributed by atoms with van der Waals surface area (Å²) in [5.74, 6) is 0.687. The van der Waals surface area contributed by atoms with Crippen molar-refractivity contribution < 1.29 is 5.11 Å². The lowest BCUT2D eigenvalue weighted by Gasteiger charge is -2.04. The van der Waals surface area contributed by atoms with Gasteiger partial charge in [0.1, 0.15) is 5.75 Å². The van der Waals surface area contributed by atoms with E-state index in [-0.39, 0.29) is 5.75 Å². The van der Waals surface area contributed by atoms with Gasteiger partial charge < -0.3 is 5.11 Å². The predicted octanol–water partition coefficient (Wildman–Crippen LogP) is 2.64. The maximum atomic E-state index is 9.42. The highest BCUT2D eigenvalue weighted by atomic mass is 16.3. The van der Waals surface area contributed by atoms with Crippen LogP contribution < -0.4 is 5.43 Å². The molecule has 0 bridgehead atoms. The average molecular weight is 256 g/mol. The predicted molar refractivity (Wildman–Crippen MR) is 75.4 cm³/mol. The van der Waals surface area contributed by atoms with Crippen molar-refractivity contribution >= 4 is 11.7 Å². The number of nitrogens with one attached hydrogen (secondary N) is 1. The Morgan fingerprint density at radius 1 is 1.16 bits per heavy atom. The zero-order valence-corrected chi connectivity index (χ0v) is 11.2. The number of aromatic nitrogens is 2. The highest BCUT2D eigenvalue weighted by Crippen LogP contribution is 2.12. The molecule has 2 N–H and O–H groups in total. The number of rotatable bonds is 3. The zero-order chi connectivity index (χ0) is 13.8. The van der Waals surface area contributed by atoms with Crippen molar-refractivity contribution in [1.82, 2.24) is 9.97 Å². The molecule has 2 rings (SSSR count). The van der Waals surface area contributed by atoms with E-state index in [4.69, 9.17) is 0 Å². The lowest BCUT2D eigenvalue weighted by Crippen LogP contribution is -2.03. The molecule has 0 aliphatic carbocycles. The summed E-state index contributed by atoms with van der Waals surface area (Å²) in [6, 6.07) is 8.83. The molecule has 1 aromatic heterocycles. The first-order valence-electron chi connectivity index (χ1n) is 5.96. The van der Waals surface area contributed by atoms with Gasteiger partial charge in [-0.15, -0.1) is 0 Å². The fraction of sp³-hybridized carbons (Fsp3) is 0.214. The molecule has 98 valence electrons. The van der Waals surface area contributed by atoms with Crippen molar-refractivity contribution in [3.8, 4) is 5.75 Å². The van der Waals surface area contributed by atoms with Crippen LogP contribution in [0.1, 0.15) is 23.9 Å². The molecule has 19 heavy (non-hydrogen) atoms. The Kier molecular flexibility index (Phi) is 3.75. The first-order valence-corrected chi connectivity index (χ1v) is 5.96. The standard InChI is InChI=1S/C14H16N4O/c1-9-7-10(2)16-14(15-9)18-17-11(3)12-5-4-6-13(19)8-12/h4-8,19H,1-3H3,(H,15,16,18)/b17-11-. The van der Waals surface area contributed by atoms with Crippen LogP contribution in [-0.2, 0) is 0 Å². The molecule has 0 radical (unpaired) electrons. The number of aromatic hydroxyl groups is 1. The summed E-state index contributed by atoms with van der Waals surface area (Å²) in [6.07, 6.45) is 0. The summed E-state index contributed by atoms with van der Waals surface area (Å²) in [5, 5.41) is 13.6. The topological polar surface area (TPSA) is 70.4 Å². The van der Waals surface area contributed by atoms with Gasteiger partial charge in [-0.25, -0.2) is 15.4 Å². The lowest BCUT2D eigenvalue weighted by atomic mass is 10.1. The molecule has 0 saturated heterocycles. The molecule has 0 aliphatic heterocycles. The van der Waals surface area contributed by atoms with E-state index in [2.05, 4.69) is 20.5 Å². The van der Waals surface area contributed by atoms with Crippen molar-refractivity contribution in [1.29, 1.82) is 0 Å². The Balaban J connectivity index is 2.18. The van der Waals surface area contributed by atoms with Gasteiger partial charge >= 0.3 is 0 Å². The average Bonchev–Trinajstić information content (AvgIpc) is 2.35. The molecule has 2 aromatic rings. The molecule has 0 atom stereocenters. The quantitative estimate of drug-likeness (QED) is 0.654. The van der Waals surface area contributed by atoms with Gasteiger partial charge in [-0.1, -0.05) is 12.1 Å². The Bertz CT molecular complexity index is 602. The monoisotopic (exact) mass is 256 g/mol. The summed E-state index contributed by atoms with van der Waals surface area (Å²) in [6.45, 7) is 5.67. The van der Waals surface area contributed by atoms with Gasteiger partial charge in [-0.2, -0.15) is 5.10 Å². The van der Waals surface area contributed by atoms with Crippen LogP contribution in [-0.4, -0.2) is 20.8 Å². The molecular weight excluding hydrogens is 240 g/mol. The minimum atomic E-state index is 0.217. The number of hydrogen-bond acceptors (Lipinski definition) is 5. The van der Waals surface area contributed by atoms with E-state index in [1.165, 1.54) is 0 Å². The fourth-order valence-electron chi connectivity index (χ4n) is 1.71. The summed E-state index contributed by atoms with van der Waals surface area (Å²) in [7, 11) is 0. The smallest absolute Gasteiger partial charge is 0.243 e. The van der Waals surface area contributed by atoms with Crippen LogP contribution in [0.2, 0.25) is 0 Å². The molecule has 5 heteroatoms. The summed E-state index contributed by atoms with van der Waals surface area (Å²) in [5.41, 5.74) is 6.20. The van der Waals surface area contributed by atoms with Gasteiger partial charge in [0.05, 0.1) is 5.71 Å². The largest absolute Gasteiger partial charge is 0.508 e. The number of benzene rings is 1. The Morgan fingerprint density at radius 2 is 1.84 bits per heavy atom. The van der Waals surface area contributed by atoms with E-state index in [9.17, 15) is 5.11 Å². The second kappa shape index (κ2) is 5.48. The third-order valence-corrected chi connectivity index (χ3v) is 2.57. The van der Waals surface area contributed by atoms with Crippen LogP contribution in [0.15, 0.2) is 35.4 Å². The maximum Gasteiger partial charge on any atom is 0.243 e. The summed E-state index contributed by atoms with van der Waals surface area (Å²) in [4.78, 5) is 8.48. The number of phenols is 1. The molecule has 0 spiro atoms. The van der Waals surface area contributed by atoms with E-state index in [0.717, 1.165) is 22.7 Å². The van der Waals surface area contributed by atoms with Crippen LogP contribution in [0.25, 0.3) is 0 Å². The highest BCUT2D eigenvalue weighted by molar-refractivity contribution is 5.99. The molecule has 1 aromatic carbocycles. The van der Waals surface area contributed by atoms with Crippen LogP contribution in [0, 0.1) is 13.8 Å². The third kappa shape index (κ3) is 3.51. The molecular formula is C14H16N4O. The van der Waals surface area contributed by atoms with Gasteiger partial charge in [-0.05, 0) is 39.0 Å². The fourth-order valence-corrected chi connectivity index (χ4v) is 1.71. The van der Waals surface area contributed by atoms with Gasteiger partial charge in [0.25, 0.3) is 0 Å². The van der Waals surface area contributed by atoms with Gasteiger partial charge in [0.2, 0.25) is 5.95 Å². The molecule has 5 nitrogen and oxygen atoms in total. The minimum Gasteiger partial charge on any atom is -0.508 e. The van der Waals surface area contributed by atoms with Crippen molar-refractivity contribution in [2.24, 2.45) is 5.10 Å². The van der Waals surface area contributed by atoms with Crippen molar-refractivity contribution in [3.63, 3.8) is 0 Å². The summed E-state index contributed by atoms with van der Waals surface area (Å²) < 4.78 is 0. The first-order chi connectivity index (χ1) is 9.04. The SMILES string of the molecule is C/C(=N/Nc1nc(C)cc(C)n1)c1cccc(O)c1. The van der Waals surface area contributed by atoms with Crippen molar-refractivity contribution in [3.05, 3.63) is 47.3 Å². The maximum absolute atomic E-state index is 9.42. The second-order valence-electron chi connectivity index (χ2n) is 4.33. The second-order valence-corrected chi connectivity index (χ2v) is 4.33. The molecule has 0 unspecified atom stereocenters. The van der Waals surface area contributed by atoms with E-state index in [1.807, 2.05) is 32.9 Å². The van der Waals surface area contributed by atoms with E-state index in [0.29, 0.717) is 5.95 Å².